The average Bonchev–Trinajstić information content (AvgIpc) is 3.95. The normalized spacial score (nSPS) is 17.2. The molecule has 0 radical (unpaired) electrons. The molecule has 0 amide bonds. The lowest BCUT2D eigenvalue weighted by Gasteiger charge is -2.29. The molecule has 5 heteroatoms. The van der Waals surface area contributed by atoms with Crippen LogP contribution in [-0.4, -0.2) is 10.6 Å². The van der Waals surface area contributed by atoms with E-state index in [0.717, 1.165) is 102 Å². The highest BCUT2D eigenvalue weighted by Gasteiger charge is 2.43. The number of anilines is 1. The third-order valence-electron chi connectivity index (χ3n) is 11.2. The van der Waals surface area contributed by atoms with E-state index in [1.165, 1.54) is 16.5 Å². The van der Waals surface area contributed by atoms with Gasteiger partial charge in [-0.3, -0.25) is 0 Å². The van der Waals surface area contributed by atoms with Crippen molar-refractivity contribution in [3.05, 3.63) is 174 Å². The van der Waals surface area contributed by atoms with Gasteiger partial charge < -0.3 is 23.0 Å². The minimum atomic E-state index is -0.0421. The minimum Gasteiger partial charge on any atom is -0.462 e. The van der Waals surface area contributed by atoms with Crippen molar-refractivity contribution in [2.45, 2.75) is 18.9 Å². The second kappa shape index (κ2) is 10.4. The van der Waals surface area contributed by atoms with Gasteiger partial charge in [0.1, 0.15) is 22.7 Å². The Bertz CT molecular complexity index is 3010. The molecule has 0 saturated heterocycles. The Labute approximate surface area is 298 Å². The van der Waals surface area contributed by atoms with Gasteiger partial charge in [-0.05, 0) is 90.7 Å². The predicted octanol–water partition coefficient (Wildman–Crippen LogP) is 12.0. The number of furan rings is 2. The molecule has 5 nitrogen and oxygen atoms in total. The number of ether oxygens (including phenoxy) is 1. The molecule has 5 heterocycles. The Kier molecular flexibility index (Phi) is 5.61. The summed E-state index contributed by atoms with van der Waals surface area (Å²) < 4.78 is 21.7. The first-order valence-corrected chi connectivity index (χ1v) is 17.9. The van der Waals surface area contributed by atoms with Crippen molar-refractivity contribution in [1.29, 1.82) is 0 Å². The zero-order valence-corrected chi connectivity index (χ0v) is 28.0. The molecule has 5 aromatic carbocycles. The minimum absolute atomic E-state index is 0.0421. The molecule has 1 atom stereocenters. The van der Waals surface area contributed by atoms with Gasteiger partial charge in [0.15, 0.2) is 5.76 Å². The van der Waals surface area contributed by atoms with Gasteiger partial charge >= 0.3 is 0 Å². The molecule has 8 aromatic rings. The van der Waals surface area contributed by atoms with E-state index in [1.807, 2.05) is 12.1 Å². The second-order valence-corrected chi connectivity index (χ2v) is 13.9. The molecule has 4 aliphatic rings. The van der Waals surface area contributed by atoms with Crippen LogP contribution in [0.4, 0.5) is 5.69 Å². The molecule has 246 valence electrons. The average molecular weight is 671 g/mol. The van der Waals surface area contributed by atoms with Crippen LogP contribution in [0.15, 0.2) is 160 Å². The molecule has 2 aliphatic carbocycles. The largest absolute Gasteiger partial charge is 0.462 e. The summed E-state index contributed by atoms with van der Waals surface area (Å²) in [5.41, 5.74) is 13.2. The third kappa shape index (κ3) is 3.77. The van der Waals surface area contributed by atoms with Crippen molar-refractivity contribution in [1.82, 2.24) is 4.57 Å². The van der Waals surface area contributed by atoms with Gasteiger partial charge in [-0.1, -0.05) is 78.9 Å². The Hall–Kier alpha value is -6.72. The molecule has 0 saturated carbocycles. The number of nitrogens with zero attached hydrogens (tertiary/aromatic N) is 2. The van der Waals surface area contributed by atoms with Gasteiger partial charge in [-0.25, -0.2) is 0 Å². The first kappa shape index (κ1) is 28.0. The number of fused-ring (bicyclic) bond motifs is 13. The third-order valence-corrected chi connectivity index (χ3v) is 11.2. The van der Waals surface area contributed by atoms with Crippen LogP contribution in [0.25, 0.3) is 78.3 Å². The lowest BCUT2D eigenvalue weighted by atomic mass is 9.90. The van der Waals surface area contributed by atoms with E-state index in [4.69, 9.17) is 13.6 Å². The lowest BCUT2D eigenvalue weighted by molar-refractivity contribution is 0.360. The Balaban J connectivity index is 0.981. The van der Waals surface area contributed by atoms with E-state index in [9.17, 15) is 0 Å². The summed E-state index contributed by atoms with van der Waals surface area (Å²) >= 11 is 0. The Morgan fingerprint density at radius 2 is 1.52 bits per heavy atom. The summed E-state index contributed by atoms with van der Waals surface area (Å²) in [6, 6.07) is 39.0. The molecular weight excluding hydrogens is 641 g/mol. The second-order valence-electron chi connectivity index (χ2n) is 13.9. The summed E-state index contributed by atoms with van der Waals surface area (Å²) in [6.45, 7) is 0. The van der Waals surface area contributed by atoms with Gasteiger partial charge in [-0.15, -0.1) is 0 Å². The van der Waals surface area contributed by atoms with E-state index >= 15 is 0 Å². The SMILES string of the molecule is C1=COC2=C3c4oc5c(c4C=CC3N(c3cccc(-c4cccc(-n6c7ccccc7c7c8oc9ccccc9c8ccc76)c4)c3)C2=C1)CCC=C5. The predicted molar refractivity (Wildman–Crippen MR) is 210 cm³/mol. The van der Waals surface area contributed by atoms with E-state index in [0.29, 0.717) is 0 Å². The number of hydrogen-bond donors (Lipinski definition) is 0. The van der Waals surface area contributed by atoms with Crippen molar-refractivity contribution in [3.63, 3.8) is 0 Å². The van der Waals surface area contributed by atoms with Crippen molar-refractivity contribution < 1.29 is 13.6 Å². The monoisotopic (exact) mass is 670 g/mol. The topological polar surface area (TPSA) is 43.7 Å². The fraction of sp³-hybridized carbons (Fsp3) is 0.0638. The Morgan fingerprint density at radius 1 is 0.692 bits per heavy atom. The zero-order valence-electron chi connectivity index (χ0n) is 28.0. The van der Waals surface area contributed by atoms with Crippen molar-refractivity contribution in [3.8, 4) is 16.8 Å². The van der Waals surface area contributed by atoms with Crippen LogP contribution in [0.5, 0.6) is 0 Å². The zero-order chi connectivity index (χ0) is 33.9. The summed E-state index contributed by atoms with van der Waals surface area (Å²) in [4.78, 5) is 2.38. The number of allylic oxidation sites excluding steroid dienone is 3. The number of benzene rings is 5. The maximum absolute atomic E-state index is 6.56. The maximum Gasteiger partial charge on any atom is 0.159 e. The number of hydrogen-bond acceptors (Lipinski definition) is 4. The van der Waals surface area contributed by atoms with Crippen molar-refractivity contribution in [2.75, 3.05) is 4.90 Å². The molecule has 0 fully saturated rings. The van der Waals surface area contributed by atoms with E-state index in [2.05, 4.69) is 143 Å². The smallest absolute Gasteiger partial charge is 0.159 e. The summed E-state index contributed by atoms with van der Waals surface area (Å²) in [7, 11) is 0. The summed E-state index contributed by atoms with van der Waals surface area (Å²) in [5, 5.41) is 4.60. The molecule has 1 unspecified atom stereocenters. The van der Waals surface area contributed by atoms with Crippen LogP contribution in [0, 0.1) is 0 Å². The number of rotatable bonds is 3. The van der Waals surface area contributed by atoms with Crippen LogP contribution in [0.3, 0.4) is 0 Å². The fourth-order valence-electron chi connectivity index (χ4n) is 8.94. The van der Waals surface area contributed by atoms with Gasteiger partial charge in [0.25, 0.3) is 0 Å². The van der Waals surface area contributed by atoms with Crippen molar-refractivity contribution >= 4 is 67.2 Å². The fourth-order valence-corrected chi connectivity index (χ4v) is 8.94. The molecular formula is C47H30N2O3. The highest BCUT2D eigenvalue weighted by Crippen LogP contribution is 2.50. The van der Waals surface area contributed by atoms with Crippen LogP contribution in [0.2, 0.25) is 0 Å². The molecule has 0 bridgehead atoms. The first-order valence-electron chi connectivity index (χ1n) is 17.9. The van der Waals surface area contributed by atoms with Gasteiger partial charge in [0.05, 0.1) is 40.0 Å². The molecule has 52 heavy (non-hydrogen) atoms. The maximum atomic E-state index is 6.56. The summed E-state index contributed by atoms with van der Waals surface area (Å²) in [5.74, 6) is 2.76. The van der Waals surface area contributed by atoms with Crippen LogP contribution in [-0.2, 0) is 11.2 Å². The lowest BCUT2D eigenvalue weighted by Crippen LogP contribution is -2.30. The first-order chi connectivity index (χ1) is 25.8. The van der Waals surface area contributed by atoms with Crippen LogP contribution >= 0.6 is 0 Å². The van der Waals surface area contributed by atoms with E-state index in [1.54, 1.807) is 6.26 Å². The molecule has 3 aromatic heterocycles. The standard InChI is InChI=1S/C47H30N2O3/c1-4-17-37-36(16-1)43-38(23-21-34-32-14-2-5-19-41(32)51-45(34)43)48(37)30-12-7-10-28(26-30)29-11-8-13-31(27-29)49-39-24-22-35-33-15-3-6-20-42(33)52-46(35)44(39)47-40(49)18-9-25-50-47/h1-2,4-14,16-27,39H,3,15H2. The quantitative estimate of drug-likeness (QED) is 0.188. The van der Waals surface area contributed by atoms with Crippen LogP contribution in [0.1, 0.15) is 29.1 Å². The number of aromatic nitrogens is 1. The van der Waals surface area contributed by atoms with Gasteiger partial charge in [0.2, 0.25) is 0 Å². The highest BCUT2D eigenvalue weighted by atomic mass is 16.5. The van der Waals surface area contributed by atoms with Gasteiger partial charge in [0, 0.05) is 38.7 Å². The van der Waals surface area contributed by atoms with Crippen molar-refractivity contribution in [2.24, 2.45) is 0 Å². The molecule has 12 rings (SSSR count). The summed E-state index contributed by atoms with van der Waals surface area (Å²) in [6.07, 6.45) is 16.8. The van der Waals surface area contributed by atoms with Crippen LogP contribution < -0.4 is 4.90 Å². The van der Waals surface area contributed by atoms with E-state index in [-0.39, 0.29) is 6.04 Å². The molecule has 2 aliphatic heterocycles. The molecule has 0 N–H and O–H groups in total. The number of para-hydroxylation sites is 2. The Morgan fingerprint density at radius 3 is 2.44 bits per heavy atom. The highest BCUT2D eigenvalue weighted by molar-refractivity contribution is 6.23. The molecule has 0 spiro atoms. The van der Waals surface area contributed by atoms with E-state index < -0.39 is 0 Å². The van der Waals surface area contributed by atoms with Gasteiger partial charge in [-0.2, -0.15) is 0 Å².